The second-order valence-electron chi connectivity index (χ2n) is 3.20. The van der Waals surface area contributed by atoms with Crippen molar-refractivity contribution in [3.8, 4) is 0 Å². The summed E-state index contributed by atoms with van der Waals surface area (Å²) in [4.78, 5) is 10.8. The van der Waals surface area contributed by atoms with Gasteiger partial charge in [-0.05, 0) is 19.9 Å². The molecule has 1 fully saturated rings. The molecular weight excluding hydrogens is 178 g/mol. The molecule has 3 nitrogen and oxygen atoms in total. The van der Waals surface area contributed by atoms with Gasteiger partial charge in [0.15, 0.2) is 0 Å². The van der Waals surface area contributed by atoms with Gasteiger partial charge in [0.25, 0.3) is 0 Å². The summed E-state index contributed by atoms with van der Waals surface area (Å²) in [6.45, 7) is 0. The highest BCUT2D eigenvalue weighted by molar-refractivity contribution is 5.85. The van der Waals surface area contributed by atoms with Crippen molar-refractivity contribution < 1.29 is 9.90 Å². The van der Waals surface area contributed by atoms with Crippen molar-refractivity contribution in [3.63, 3.8) is 0 Å². The normalized spacial score (nSPS) is 21.1. The average Bonchev–Trinajstić information content (AvgIpc) is 2.05. The van der Waals surface area contributed by atoms with Gasteiger partial charge in [0, 0.05) is 0 Å². The van der Waals surface area contributed by atoms with Crippen LogP contribution in [0.2, 0.25) is 0 Å². The van der Waals surface area contributed by atoms with E-state index < -0.39 is 11.5 Å². The molecule has 0 heterocycles. The van der Waals surface area contributed by atoms with Crippen molar-refractivity contribution in [2.75, 3.05) is 7.05 Å². The highest BCUT2D eigenvalue weighted by Crippen LogP contribution is 2.27. The third-order valence-corrected chi connectivity index (χ3v) is 2.60. The van der Waals surface area contributed by atoms with E-state index in [0.29, 0.717) is 0 Å². The van der Waals surface area contributed by atoms with Gasteiger partial charge >= 0.3 is 5.97 Å². The fourth-order valence-corrected chi connectivity index (χ4v) is 1.73. The Balaban J connectivity index is 0.00000121. The SMILES string of the molecule is CNC1(C(=O)O)CCCCC1.Cl. The summed E-state index contributed by atoms with van der Waals surface area (Å²) in [5, 5.41) is 11.8. The molecule has 1 rings (SSSR count). The Morgan fingerprint density at radius 1 is 1.33 bits per heavy atom. The van der Waals surface area contributed by atoms with Gasteiger partial charge in [-0.2, -0.15) is 0 Å². The number of halogens is 1. The Bertz CT molecular complexity index is 155. The first-order valence-electron chi connectivity index (χ1n) is 4.13. The molecule has 2 N–H and O–H groups in total. The lowest BCUT2D eigenvalue weighted by molar-refractivity contribution is -0.146. The molecule has 0 saturated heterocycles. The van der Waals surface area contributed by atoms with Crippen molar-refractivity contribution in [1.29, 1.82) is 0 Å². The van der Waals surface area contributed by atoms with Crippen molar-refractivity contribution in [2.45, 2.75) is 37.6 Å². The monoisotopic (exact) mass is 193 g/mol. The Labute approximate surface area is 78.9 Å². The van der Waals surface area contributed by atoms with Crippen LogP contribution in [0.5, 0.6) is 0 Å². The first-order valence-corrected chi connectivity index (χ1v) is 4.13. The van der Waals surface area contributed by atoms with Gasteiger partial charge in [0.2, 0.25) is 0 Å². The molecule has 1 aliphatic carbocycles. The van der Waals surface area contributed by atoms with Gasteiger partial charge in [-0.1, -0.05) is 19.3 Å². The van der Waals surface area contributed by atoms with E-state index in [2.05, 4.69) is 5.32 Å². The number of nitrogens with one attached hydrogen (secondary N) is 1. The molecule has 1 saturated carbocycles. The number of hydrogen-bond donors (Lipinski definition) is 2. The molecule has 0 aliphatic heterocycles. The highest BCUT2D eigenvalue weighted by Gasteiger charge is 2.37. The van der Waals surface area contributed by atoms with E-state index in [1.165, 1.54) is 6.42 Å². The maximum Gasteiger partial charge on any atom is 0.323 e. The standard InChI is InChI=1S/C8H15NO2.ClH/c1-9-8(7(10)11)5-3-2-4-6-8;/h9H,2-6H2,1H3,(H,10,11);1H. The van der Waals surface area contributed by atoms with Gasteiger partial charge in [-0.25, -0.2) is 0 Å². The summed E-state index contributed by atoms with van der Waals surface area (Å²) >= 11 is 0. The molecule has 4 heteroatoms. The lowest BCUT2D eigenvalue weighted by Gasteiger charge is -2.32. The van der Waals surface area contributed by atoms with E-state index in [1.54, 1.807) is 7.05 Å². The fourth-order valence-electron chi connectivity index (χ4n) is 1.73. The predicted molar refractivity (Wildman–Crippen MR) is 49.8 cm³/mol. The number of rotatable bonds is 2. The van der Waals surface area contributed by atoms with Crippen LogP contribution in [-0.4, -0.2) is 23.7 Å². The maximum absolute atomic E-state index is 10.8. The largest absolute Gasteiger partial charge is 0.480 e. The molecule has 0 bridgehead atoms. The fraction of sp³-hybridized carbons (Fsp3) is 0.875. The highest BCUT2D eigenvalue weighted by atomic mass is 35.5. The minimum absolute atomic E-state index is 0. The van der Waals surface area contributed by atoms with E-state index >= 15 is 0 Å². The molecule has 72 valence electrons. The summed E-state index contributed by atoms with van der Waals surface area (Å²) in [5.41, 5.74) is -0.613. The molecule has 0 aromatic carbocycles. The van der Waals surface area contributed by atoms with Crippen LogP contribution in [0, 0.1) is 0 Å². The second kappa shape index (κ2) is 4.67. The number of likely N-dealkylation sites (N-methyl/N-ethyl adjacent to an activating group) is 1. The van der Waals surface area contributed by atoms with E-state index in [4.69, 9.17) is 5.11 Å². The third-order valence-electron chi connectivity index (χ3n) is 2.60. The van der Waals surface area contributed by atoms with Crippen LogP contribution in [0.3, 0.4) is 0 Å². The molecule has 0 amide bonds. The number of hydrogen-bond acceptors (Lipinski definition) is 2. The summed E-state index contributed by atoms with van der Waals surface area (Å²) in [7, 11) is 1.74. The zero-order valence-electron chi connectivity index (χ0n) is 7.30. The molecule has 12 heavy (non-hydrogen) atoms. The van der Waals surface area contributed by atoms with E-state index in [0.717, 1.165) is 25.7 Å². The first-order chi connectivity index (χ1) is 5.21. The van der Waals surface area contributed by atoms with Crippen molar-refractivity contribution in [2.24, 2.45) is 0 Å². The maximum atomic E-state index is 10.8. The lowest BCUT2D eigenvalue weighted by Crippen LogP contribution is -2.51. The Kier molecular flexibility index (Phi) is 4.57. The minimum atomic E-state index is -0.695. The number of carbonyl (C=O) groups is 1. The molecule has 0 unspecified atom stereocenters. The zero-order valence-corrected chi connectivity index (χ0v) is 8.12. The van der Waals surface area contributed by atoms with Crippen molar-refractivity contribution >= 4 is 18.4 Å². The van der Waals surface area contributed by atoms with Gasteiger partial charge < -0.3 is 10.4 Å². The number of carboxylic acids is 1. The molecular formula is C8H16ClNO2. The molecule has 0 atom stereocenters. The van der Waals surface area contributed by atoms with Crippen molar-refractivity contribution in [3.05, 3.63) is 0 Å². The minimum Gasteiger partial charge on any atom is -0.480 e. The lowest BCUT2D eigenvalue weighted by atomic mass is 9.82. The van der Waals surface area contributed by atoms with Crippen LogP contribution in [0.1, 0.15) is 32.1 Å². The molecule has 0 spiro atoms. The molecule has 1 aliphatic rings. The Hall–Kier alpha value is -0.280. The van der Waals surface area contributed by atoms with Crippen LogP contribution in [0.25, 0.3) is 0 Å². The smallest absolute Gasteiger partial charge is 0.323 e. The topological polar surface area (TPSA) is 49.3 Å². The van der Waals surface area contributed by atoms with Crippen LogP contribution in [-0.2, 0) is 4.79 Å². The quantitative estimate of drug-likeness (QED) is 0.698. The van der Waals surface area contributed by atoms with Crippen LogP contribution < -0.4 is 5.32 Å². The first kappa shape index (κ1) is 11.7. The molecule has 0 radical (unpaired) electrons. The molecule has 0 aromatic rings. The van der Waals surface area contributed by atoms with Crippen molar-refractivity contribution in [1.82, 2.24) is 5.32 Å². The summed E-state index contributed by atoms with van der Waals surface area (Å²) in [6.07, 6.45) is 4.80. The predicted octanol–water partition coefficient (Wildman–Crippen LogP) is 1.42. The summed E-state index contributed by atoms with van der Waals surface area (Å²) in [5.74, 6) is -0.695. The number of carboxylic acid groups (broad SMARTS) is 1. The zero-order chi connectivity index (χ0) is 8.32. The number of aliphatic carboxylic acids is 1. The van der Waals surface area contributed by atoms with Gasteiger partial charge in [-0.3, -0.25) is 4.79 Å². The van der Waals surface area contributed by atoms with Gasteiger partial charge in [0.05, 0.1) is 0 Å². The Morgan fingerprint density at radius 2 is 1.83 bits per heavy atom. The summed E-state index contributed by atoms with van der Waals surface area (Å²) in [6, 6.07) is 0. The van der Waals surface area contributed by atoms with E-state index in [-0.39, 0.29) is 12.4 Å². The van der Waals surface area contributed by atoms with E-state index in [1.807, 2.05) is 0 Å². The van der Waals surface area contributed by atoms with Crippen LogP contribution in [0.15, 0.2) is 0 Å². The Morgan fingerprint density at radius 3 is 2.08 bits per heavy atom. The average molecular weight is 194 g/mol. The molecule has 0 aromatic heterocycles. The second-order valence-corrected chi connectivity index (χ2v) is 3.20. The third kappa shape index (κ3) is 2.11. The van der Waals surface area contributed by atoms with Crippen LogP contribution in [0.4, 0.5) is 0 Å². The van der Waals surface area contributed by atoms with Crippen LogP contribution >= 0.6 is 12.4 Å². The van der Waals surface area contributed by atoms with Gasteiger partial charge in [0.1, 0.15) is 5.54 Å². The van der Waals surface area contributed by atoms with Gasteiger partial charge in [-0.15, -0.1) is 12.4 Å². The summed E-state index contributed by atoms with van der Waals surface area (Å²) < 4.78 is 0. The van der Waals surface area contributed by atoms with E-state index in [9.17, 15) is 4.79 Å².